The second-order valence-corrected chi connectivity index (χ2v) is 5.93. The predicted octanol–water partition coefficient (Wildman–Crippen LogP) is 2.19. The first-order valence-electron chi connectivity index (χ1n) is 7.87. The molecule has 1 N–H and O–H groups in total. The van der Waals surface area contributed by atoms with Gasteiger partial charge in [-0.25, -0.2) is 0 Å². The van der Waals surface area contributed by atoms with Gasteiger partial charge in [-0.1, -0.05) is 18.2 Å². The first kappa shape index (κ1) is 23.0. The predicted molar refractivity (Wildman–Crippen MR) is 104 cm³/mol. The van der Waals surface area contributed by atoms with Crippen molar-refractivity contribution in [3.8, 4) is 0 Å². The molecule has 1 saturated heterocycles. The summed E-state index contributed by atoms with van der Waals surface area (Å²) in [6.07, 6.45) is 1.47. The molecule has 0 saturated carbocycles. The van der Waals surface area contributed by atoms with Crippen molar-refractivity contribution in [2.24, 2.45) is 0 Å². The van der Waals surface area contributed by atoms with E-state index >= 15 is 0 Å². The van der Waals surface area contributed by atoms with E-state index in [1.807, 2.05) is 32.3 Å². The topological polar surface area (TPSA) is 44.8 Å². The lowest BCUT2D eigenvalue weighted by atomic mass is 9.90. The van der Waals surface area contributed by atoms with Gasteiger partial charge in [0.15, 0.2) is 0 Å². The number of benzene rings is 1. The van der Waals surface area contributed by atoms with Crippen LogP contribution in [0.4, 0.5) is 5.69 Å². The summed E-state index contributed by atoms with van der Waals surface area (Å²) in [6, 6.07) is 10.2. The Balaban J connectivity index is 0.00000264. The minimum absolute atomic E-state index is 0. The highest BCUT2D eigenvalue weighted by Crippen LogP contribution is 2.24. The lowest BCUT2D eigenvalue weighted by Crippen LogP contribution is -2.55. The maximum Gasteiger partial charge on any atom is 0.254 e. The third kappa shape index (κ3) is 5.52. The molecule has 0 unspecified atom stereocenters. The van der Waals surface area contributed by atoms with E-state index in [4.69, 9.17) is 4.74 Å². The van der Waals surface area contributed by atoms with Gasteiger partial charge in [-0.15, -0.1) is 24.8 Å². The second kappa shape index (κ2) is 10.8. The van der Waals surface area contributed by atoms with Gasteiger partial charge in [-0.3, -0.25) is 4.79 Å². The molecule has 138 valence electrons. The molecule has 0 aromatic heterocycles. The second-order valence-electron chi connectivity index (χ2n) is 5.93. The molecule has 5 nitrogen and oxygen atoms in total. The summed E-state index contributed by atoms with van der Waals surface area (Å²) in [5, 5.41) is 3.28. The highest BCUT2D eigenvalue weighted by Gasteiger charge is 2.41. The monoisotopic (exact) mass is 377 g/mol. The average molecular weight is 378 g/mol. The van der Waals surface area contributed by atoms with Gasteiger partial charge in [0, 0.05) is 40.0 Å². The third-order valence-electron chi connectivity index (χ3n) is 4.51. The SMILES string of the molecule is COC1(C(=O)N(C)CCN(C)c2ccccc2)CCNCC1.Cl.Cl. The fourth-order valence-electron chi connectivity index (χ4n) is 2.90. The zero-order chi connectivity index (χ0) is 16.0. The van der Waals surface area contributed by atoms with Crippen LogP contribution in [0.3, 0.4) is 0 Å². The molecule has 1 aliphatic rings. The van der Waals surface area contributed by atoms with Crippen molar-refractivity contribution in [1.29, 1.82) is 0 Å². The number of ether oxygens (including phenoxy) is 1. The van der Waals surface area contributed by atoms with E-state index in [0.29, 0.717) is 6.54 Å². The maximum absolute atomic E-state index is 12.8. The average Bonchev–Trinajstić information content (AvgIpc) is 2.60. The normalized spacial score (nSPS) is 15.6. The number of likely N-dealkylation sites (N-methyl/N-ethyl adjacent to an activating group) is 2. The van der Waals surface area contributed by atoms with Crippen molar-refractivity contribution in [2.45, 2.75) is 18.4 Å². The van der Waals surface area contributed by atoms with E-state index in [1.165, 1.54) is 0 Å². The van der Waals surface area contributed by atoms with Crippen molar-refractivity contribution in [1.82, 2.24) is 10.2 Å². The van der Waals surface area contributed by atoms with Gasteiger partial charge in [-0.05, 0) is 38.1 Å². The largest absolute Gasteiger partial charge is 0.373 e. The number of nitrogens with one attached hydrogen (secondary N) is 1. The molecule has 0 atom stereocenters. The third-order valence-corrected chi connectivity index (χ3v) is 4.51. The molecule has 1 fully saturated rings. The highest BCUT2D eigenvalue weighted by atomic mass is 35.5. The van der Waals surface area contributed by atoms with Gasteiger partial charge in [0.2, 0.25) is 0 Å². The molecule has 2 rings (SSSR count). The van der Waals surface area contributed by atoms with Crippen LogP contribution in [0.2, 0.25) is 0 Å². The van der Waals surface area contributed by atoms with E-state index in [0.717, 1.165) is 38.2 Å². The molecule has 1 aromatic carbocycles. The van der Waals surface area contributed by atoms with Crippen LogP contribution in [0.1, 0.15) is 12.8 Å². The van der Waals surface area contributed by atoms with Gasteiger partial charge < -0.3 is 19.9 Å². The summed E-state index contributed by atoms with van der Waals surface area (Å²) in [7, 11) is 5.56. The lowest BCUT2D eigenvalue weighted by Gasteiger charge is -2.38. The van der Waals surface area contributed by atoms with Crippen LogP contribution < -0.4 is 10.2 Å². The van der Waals surface area contributed by atoms with Gasteiger partial charge in [0.1, 0.15) is 5.60 Å². The Morgan fingerprint density at radius 2 is 1.71 bits per heavy atom. The van der Waals surface area contributed by atoms with E-state index in [-0.39, 0.29) is 30.7 Å². The zero-order valence-electron chi connectivity index (χ0n) is 14.7. The Morgan fingerprint density at radius 1 is 1.12 bits per heavy atom. The number of methoxy groups -OCH3 is 1. The summed E-state index contributed by atoms with van der Waals surface area (Å²) < 4.78 is 5.61. The van der Waals surface area contributed by atoms with Crippen LogP contribution >= 0.6 is 24.8 Å². The number of rotatable bonds is 6. The fourth-order valence-corrected chi connectivity index (χ4v) is 2.90. The van der Waals surface area contributed by atoms with Gasteiger partial charge >= 0.3 is 0 Å². The number of carbonyl (C=O) groups excluding carboxylic acids is 1. The van der Waals surface area contributed by atoms with E-state index in [9.17, 15) is 4.79 Å². The summed E-state index contributed by atoms with van der Waals surface area (Å²) in [6.45, 7) is 3.14. The quantitative estimate of drug-likeness (QED) is 0.825. The van der Waals surface area contributed by atoms with Crippen LogP contribution in [-0.2, 0) is 9.53 Å². The maximum atomic E-state index is 12.8. The molecular formula is C17H29Cl2N3O2. The van der Waals surface area contributed by atoms with Crippen molar-refractivity contribution < 1.29 is 9.53 Å². The molecule has 0 bridgehead atoms. The van der Waals surface area contributed by atoms with Crippen LogP contribution in [0.5, 0.6) is 0 Å². The number of halogens is 2. The molecule has 0 radical (unpaired) electrons. The van der Waals surface area contributed by atoms with E-state index < -0.39 is 5.60 Å². The molecule has 24 heavy (non-hydrogen) atoms. The Kier molecular flexibility index (Phi) is 10.3. The summed E-state index contributed by atoms with van der Waals surface area (Å²) in [5.41, 5.74) is 0.511. The van der Waals surface area contributed by atoms with Crippen molar-refractivity contribution >= 4 is 36.4 Å². The summed E-state index contributed by atoms with van der Waals surface area (Å²) in [4.78, 5) is 16.7. The molecule has 1 amide bonds. The van der Waals surface area contributed by atoms with Crippen molar-refractivity contribution in [3.63, 3.8) is 0 Å². The van der Waals surface area contributed by atoms with Crippen LogP contribution in [-0.4, -0.2) is 63.8 Å². The smallest absolute Gasteiger partial charge is 0.254 e. The Labute approximate surface area is 157 Å². The molecule has 0 aliphatic carbocycles. The number of carbonyl (C=O) groups is 1. The van der Waals surface area contributed by atoms with Gasteiger partial charge in [0.25, 0.3) is 5.91 Å². The van der Waals surface area contributed by atoms with Crippen molar-refractivity contribution in [2.75, 3.05) is 52.3 Å². The van der Waals surface area contributed by atoms with Crippen molar-refractivity contribution in [3.05, 3.63) is 30.3 Å². The number of hydrogen-bond donors (Lipinski definition) is 1. The number of nitrogens with zero attached hydrogens (tertiary/aromatic N) is 2. The molecule has 0 spiro atoms. The van der Waals surface area contributed by atoms with Gasteiger partial charge in [-0.2, -0.15) is 0 Å². The van der Waals surface area contributed by atoms with E-state index in [2.05, 4.69) is 22.3 Å². The standard InChI is InChI=1S/C17H27N3O2.2ClH/c1-19(15-7-5-4-6-8-15)13-14-20(2)16(21)17(22-3)9-11-18-12-10-17;;/h4-8,18H,9-14H2,1-3H3;2*1H. The Morgan fingerprint density at radius 3 is 2.25 bits per heavy atom. The number of anilines is 1. The number of hydrogen-bond acceptors (Lipinski definition) is 4. The summed E-state index contributed by atoms with van der Waals surface area (Å²) in [5.74, 6) is 0.0953. The number of amides is 1. The Bertz CT molecular complexity index is 482. The lowest BCUT2D eigenvalue weighted by molar-refractivity contribution is -0.156. The van der Waals surface area contributed by atoms with Crippen LogP contribution in [0.25, 0.3) is 0 Å². The first-order valence-corrected chi connectivity index (χ1v) is 7.87. The number of piperidine rings is 1. The minimum atomic E-state index is -0.648. The minimum Gasteiger partial charge on any atom is -0.373 e. The first-order chi connectivity index (χ1) is 10.6. The van der Waals surface area contributed by atoms with Crippen LogP contribution in [0.15, 0.2) is 30.3 Å². The van der Waals surface area contributed by atoms with Gasteiger partial charge in [0.05, 0.1) is 0 Å². The Hall–Kier alpha value is -1.01. The molecular weight excluding hydrogens is 349 g/mol. The highest BCUT2D eigenvalue weighted by molar-refractivity contribution is 5.86. The van der Waals surface area contributed by atoms with E-state index in [1.54, 1.807) is 12.0 Å². The summed E-state index contributed by atoms with van der Waals surface area (Å²) >= 11 is 0. The molecule has 1 aromatic rings. The molecule has 1 aliphatic heterocycles. The molecule has 7 heteroatoms. The fraction of sp³-hybridized carbons (Fsp3) is 0.588. The van der Waals surface area contributed by atoms with Crippen LogP contribution in [0, 0.1) is 0 Å². The molecule has 1 heterocycles. The zero-order valence-corrected chi connectivity index (χ0v) is 16.3. The number of para-hydroxylation sites is 1.